The number of nitrogens with zero attached hydrogens (tertiary/aromatic N) is 3. The summed E-state index contributed by atoms with van der Waals surface area (Å²) in [6, 6.07) is 6.61. The number of hydrogen-bond donors (Lipinski definition) is 0. The number of aromatic nitrogens is 2. The second-order valence-electron chi connectivity index (χ2n) is 6.53. The zero-order valence-electron chi connectivity index (χ0n) is 16.1. The number of benzene rings is 1. The molecule has 0 N–H and O–H groups in total. The van der Waals surface area contributed by atoms with Gasteiger partial charge in [0.1, 0.15) is 10.6 Å². The van der Waals surface area contributed by atoms with Gasteiger partial charge in [-0.2, -0.15) is 4.98 Å². The molecule has 140 valence electrons. The highest BCUT2D eigenvalue weighted by molar-refractivity contribution is 7.19. The van der Waals surface area contributed by atoms with Crippen LogP contribution in [0.2, 0.25) is 5.28 Å². The molecular weight excluding hydrogens is 374 g/mol. The Hall–Kier alpha value is -2.17. The fourth-order valence-electron chi connectivity index (χ4n) is 3.24. The molecule has 3 rings (SSSR count). The van der Waals surface area contributed by atoms with Gasteiger partial charge in [-0.1, -0.05) is 37.3 Å². The van der Waals surface area contributed by atoms with Crippen molar-refractivity contribution in [3.05, 3.63) is 64.8 Å². The largest absolute Gasteiger partial charge is 0.348 e. The van der Waals surface area contributed by atoms with Crippen LogP contribution in [0.4, 0.5) is 5.82 Å². The first-order valence-electron chi connectivity index (χ1n) is 9.03. The third kappa shape index (κ3) is 3.78. The average molecular weight is 398 g/mol. The number of halogens is 1. The second-order valence-corrected chi connectivity index (χ2v) is 7.95. The Kier molecular flexibility index (Phi) is 5.98. The van der Waals surface area contributed by atoms with Crippen molar-refractivity contribution in [1.29, 1.82) is 0 Å². The fraction of sp³-hybridized carbons (Fsp3) is 0.273. The lowest BCUT2D eigenvalue weighted by atomic mass is 9.98. The molecule has 0 atom stereocenters. The molecule has 3 aromatic rings. The predicted octanol–water partition coefficient (Wildman–Crippen LogP) is 6.37. The van der Waals surface area contributed by atoms with E-state index in [9.17, 15) is 0 Å². The Labute approximate surface area is 170 Å². The van der Waals surface area contributed by atoms with Gasteiger partial charge in [-0.3, -0.25) is 0 Å². The van der Waals surface area contributed by atoms with Crippen molar-refractivity contribution in [3.8, 4) is 11.1 Å². The van der Waals surface area contributed by atoms with Crippen LogP contribution in [0.3, 0.4) is 0 Å². The van der Waals surface area contributed by atoms with Crippen LogP contribution < -0.4 is 4.90 Å². The van der Waals surface area contributed by atoms with Gasteiger partial charge in [0.05, 0.1) is 5.39 Å². The van der Waals surface area contributed by atoms with Crippen LogP contribution in [-0.4, -0.2) is 23.1 Å². The summed E-state index contributed by atoms with van der Waals surface area (Å²) >= 11 is 7.97. The zero-order chi connectivity index (χ0) is 19.6. The topological polar surface area (TPSA) is 29.0 Å². The molecule has 0 spiro atoms. The summed E-state index contributed by atoms with van der Waals surface area (Å²) in [6.07, 6.45) is 4.67. The van der Waals surface area contributed by atoms with E-state index >= 15 is 0 Å². The summed E-state index contributed by atoms with van der Waals surface area (Å²) in [5, 5.41) is 1.33. The first-order valence-corrected chi connectivity index (χ1v) is 10.2. The minimum Gasteiger partial charge on any atom is -0.348 e. The third-order valence-electron chi connectivity index (χ3n) is 4.69. The van der Waals surface area contributed by atoms with E-state index in [-0.39, 0.29) is 5.28 Å². The summed E-state index contributed by atoms with van der Waals surface area (Å²) in [4.78, 5) is 13.5. The Morgan fingerprint density at radius 1 is 1.11 bits per heavy atom. The first kappa shape index (κ1) is 19.6. The molecule has 0 radical (unpaired) electrons. The molecule has 0 saturated carbocycles. The monoisotopic (exact) mass is 397 g/mol. The standard InChI is InChI=1S/C22H24ClN3S/c1-6-11-26(12-7-2)20-19-18(16-10-9-14(4)15(5)13-16)17(8-3)27-21(19)25-22(23)24-20/h6-7,9-10,13H,1-2,8,11-12H2,3-5H3. The van der Waals surface area contributed by atoms with Crippen LogP contribution in [0, 0.1) is 13.8 Å². The molecule has 0 bridgehead atoms. The predicted molar refractivity (Wildman–Crippen MR) is 119 cm³/mol. The lowest BCUT2D eigenvalue weighted by Gasteiger charge is -2.22. The summed E-state index contributed by atoms with van der Waals surface area (Å²) in [5.74, 6) is 0.842. The van der Waals surface area contributed by atoms with Crippen LogP contribution in [-0.2, 0) is 6.42 Å². The van der Waals surface area contributed by atoms with Gasteiger partial charge in [0, 0.05) is 23.5 Å². The van der Waals surface area contributed by atoms with Gasteiger partial charge in [0.15, 0.2) is 0 Å². The smallest absolute Gasteiger partial charge is 0.225 e. The Bertz CT molecular complexity index is 996. The quantitative estimate of drug-likeness (QED) is 0.342. The SMILES string of the molecule is C=CCN(CC=C)c1nc(Cl)nc2sc(CC)c(-c3ccc(C)c(C)c3)c12. The summed E-state index contributed by atoms with van der Waals surface area (Å²) in [6.45, 7) is 15.6. The van der Waals surface area contributed by atoms with Gasteiger partial charge in [0.2, 0.25) is 5.28 Å². The van der Waals surface area contributed by atoms with Crippen LogP contribution in [0.15, 0.2) is 43.5 Å². The van der Waals surface area contributed by atoms with Gasteiger partial charge in [-0.05, 0) is 48.6 Å². The number of anilines is 1. The summed E-state index contributed by atoms with van der Waals surface area (Å²) in [7, 11) is 0. The minimum absolute atomic E-state index is 0.270. The normalized spacial score (nSPS) is 11.0. The number of rotatable bonds is 7. The van der Waals surface area contributed by atoms with E-state index < -0.39 is 0 Å². The Balaban J connectivity index is 2.36. The Morgan fingerprint density at radius 3 is 2.41 bits per heavy atom. The van der Waals surface area contributed by atoms with Crippen molar-refractivity contribution in [1.82, 2.24) is 9.97 Å². The van der Waals surface area contributed by atoms with E-state index in [0.717, 1.165) is 22.5 Å². The van der Waals surface area contributed by atoms with Crippen LogP contribution >= 0.6 is 22.9 Å². The van der Waals surface area contributed by atoms with Crippen molar-refractivity contribution in [2.45, 2.75) is 27.2 Å². The van der Waals surface area contributed by atoms with Gasteiger partial charge < -0.3 is 4.90 Å². The molecule has 0 fully saturated rings. The molecule has 0 saturated heterocycles. The van der Waals surface area contributed by atoms with Gasteiger partial charge >= 0.3 is 0 Å². The van der Waals surface area contributed by atoms with E-state index in [0.29, 0.717) is 13.1 Å². The van der Waals surface area contributed by atoms with E-state index in [1.807, 2.05) is 12.2 Å². The molecule has 1 aromatic carbocycles. The van der Waals surface area contributed by atoms with E-state index in [4.69, 9.17) is 11.6 Å². The van der Waals surface area contributed by atoms with E-state index in [1.54, 1.807) is 11.3 Å². The van der Waals surface area contributed by atoms with Crippen molar-refractivity contribution < 1.29 is 0 Å². The first-order chi connectivity index (χ1) is 13.0. The van der Waals surface area contributed by atoms with E-state index in [2.05, 4.69) is 67.0 Å². The van der Waals surface area contributed by atoms with Crippen molar-refractivity contribution in [3.63, 3.8) is 0 Å². The van der Waals surface area contributed by atoms with Crippen molar-refractivity contribution in [2.75, 3.05) is 18.0 Å². The Morgan fingerprint density at radius 2 is 1.81 bits per heavy atom. The summed E-state index contributed by atoms with van der Waals surface area (Å²) in [5.41, 5.74) is 4.98. The minimum atomic E-state index is 0.270. The maximum absolute atomic E-state index is 6.27. The molecule has 0 aliphatic heterocycles. The molecule has 5 heteroatoms. The number of aryl methyl sites for hydroxylation is 3. The zero-order valence-corrected chi connectivity index (χ0v) is 17.6. The third-order valence-corrected chi connectivity index (χ3v) is 6.09. The van der Waals surface area contributed by atoms with Gasteiger partial charge in [-0.15, -0.1) is 24.5 Å². The number of fused-ring (bicyclic) bond motifs is 1. The number of hydrogen-bond acceptors (Lipinski definition) is 4. The van der Waals surface area contributed by atoms with Crippen molar-refractivity contribution >= 4 is 39.0 Å². The van der Waals surface area contributed by atoms with Crippen molar-refractivity contribution in [2.24, 2.45) is 0 Å². The molecular formula is C22H24ClN3S. The van der Waals surface area contributed by atoms with Gasteiger partial charge in [-0.25, -0.2) is 4.98 Å². The molecule has 0 aliphatic rings. The maximum atomic E-state index is 6.27. The molecule has 2 heterocycles. The lowest BCUT2D eigenvalue weighted by molar-refractivity contribution is 0.929. The highest BCUT2D eigenvalue weighted by atomic mass is 35.5. The molecule has 0 amide bonds. The molecule has 2 aromatic heterocycles. The average Bonchev–Trinajstić information content (AvgIpc) is 3.01. The van der Waals surface area contributed by atoms with Crippen LogP contribution in [0.1, 0.15) is 22.9 Å². The second kappa shape index (κ2) is 8.24. The molecule has 0 aliphatic carbocycles. The lowest BCUT2D eigenvalue weighted by Crippen LogP contribution is -2.24. The maximum Gasteiger partial charge on any atom is 0.225 e. The molecule has 3 nitrogen and oxygen atoms in total. The van der Waals surface area contributed by atoms with E-state index in [1.165, 1.54) is 27.1 Å². The number of thiophene rings is 1. The van der Waals surface area contributed by atoms with Crippen LogP contribution in [0.25, 0.3) is 21.3 Å². The highest BCUT2D eigenvalue weighted by Crippen LogP contribution is 2.43. The van der Waals surface area contributed by atoms with Crippen LogP contribution in [0.5, 0.6) is 0 Å². The summed E-state index contributed by atoms with van der Waals surface area (Å²) < 4.78 is 0. The highest BCUT2D eigenvalue weighted by Gasteiger charge is 2.22. The molecule has 0 unspecified atom stereocenters. The molecule has 27 heavy (non-hydrogen) atoms. The van der Waals surface area contributed by atoms with Gasteiger partial charge in [0.25, 0.3) is 0 Å². The fourth-order valence-corrected chi connectivity index (χ4v) is 4.58.